The normalized spacial score (nSPS) is 9.94. The van der Waals surface area contributed by atoms with Crippen LogP contribution in [0.15, 0.2) is 54.6 Å². The van der Waals surface area contributed by atoms with Crippen LogP contribution in [0.2, 0.25) is 0 Å². The number of hydrogen-bond donors (Lipinski definition) is 1. The van der Waals surface area contributed by atoms with Crippen molar-refractivity contribution in [3.63, 3.8) is 0 Å². The van der Waals surface area contributed by atoms with Crippen LogP contribution in [0.5, 0.6) is 0 Å². The molecule has 0 aliphatic rings. The second-order valence-electron chi connectivity index (χ2n) is 3.40. The van der Waals surface area contributed by atoms with Gasteiger partial charge < -0.3 is 5.11 Å². The SMILES string of the molecule is O=C(O)N(c1ccccc1)c1ccccc1F. The third kappa shape index (κ3) is 2.25. The highest BCUT2D eigenvalue weighted by Gasteiger charge is 2.19. The maximum Gasteiger partial charge on any atom is 0.416 e. The number of carboxylic acid groups (broad SMARTS) is 1. The molecule has 0 bridgehead atoms. The summed E-state index contributed by atoms with van der Waals surface area (Å²) in [7, 11) is 0. The third-order valence-electron chi connectivity index (χ3n) is 2.30. The highest BCUT2D eigenvalue weighted by Crippen LogP contribution is 2.27. The van der Waals surface area contributed by atoms with Crippen molar-refractivity contribution in [1.29, 1.82) is 0 Å². The predicted octanol–water partition coefficient (Wildman–Crippen LogP) is 3.64. The molecule has 0 fully saturated rings. The van der Waals surface area contributed by atoms with Crippen molar-refractivity contribution in [2.24, 2.45) is 0 Å². The van der Waals surface area contributed by atoms with E-state index in [1.165, 1.54) is 18.2 Å². The molecule has 0 aliphatic heterocycles. The van der Waals surface area contributed by atoms with Gasteiger partial charge >= 0.3 is 6.09 Å². The zero-order chi connectivity index (χ0) is 12.3. The smallest absolute Gasteiger partial charge is 0.416 e. The Balaban J connectivity index is 2.51. The van der Waals surface area contributed by atoms with Crippen LogP contribution in [0.3, 0.4) is 0 Å². The Morgan fingerprint density at radius 1 is 1.00 bits per heavy atom. The summed E-state index contributed by atoms with van der Waals surface area (Å²) in [6, 6.07) is 14.2. The van der Waals surface area contributed by atoms with Gasteiger partial charge in [0.05, 0.1) is 11.4 Å². The first kappa shape index (κ1) is 11.1. The lowest BCUT2D eigenvalue weighted by molar-refractivity contribution is 0.204. The Hall–Kier alpha value is -2.36. The van der Waals surface area contributed by atoms with Crippen LogP contribution in [0.4, 0.5) is 20.6 Å². The quantitative estimate of drug-likeness (QED) is 0.857. The maximum absolute atomic E-state index is 13.6. The lowest BCUT2D eigenvalue weighted by Gasteiger charge is -2.19. The molecule has 3 nitrogen and oxygen atoms in total. The Labute approximate surface area is 97.7 Å². The van der Waals surface area contributed by atoms with E-state index >= 15 is 0 Å². The molecule has 0 heterocycles. The van der Waals surface area contributed by atoms with Crippen molar-refractivity contribution in [2.45, 2.75) is 0 Å². The van der Waals surface area contributed by atoms with Crippen molar-refractivity contribution in [2.75, 3.05) is 4.90 Å². The second-order valence-corrected chi connectivity index (χ2v) is 3.40. The first-order valence-corrected chi connectivity index (χ1v) is 5.03. The zero-order valence-electron chi connectivity index (χ0n) is 8.88. The van der Waals surface area contributed by atoms with E-state index in [2.05, 4.69) is 0 Å². The van der Waals surface area contributed by atoms with Crippen LogP contribution in [-0.2, 0) is 0 Å². The number of rotatable bonds is 2. The van der Waals surface area contributed by atoms with E-state index in [0.717, 1.165) is 4.90 Å². The molecule has 86 valence electrons. The number of nitrogens with zero attached hydrogens (tertiary/aromatic N) is 1. The van der Waals surface area contributed by atoms with Gasteiger partial charge in [0.25, 0.3) is 0 Å². The van der Waals surface area contributed by atoms with Crippen LogP contribution < -0.4 is 4.90 Å². The van der Waals surface area contributed by atoms with Gasteiger partial charge in [-0.3, -0.25) is 0 Å². The molecule has 0 spiro atoms. The van der Waals surface area contributed by atoms with Crippen molar-refractivity contribution >= 4 is 17.5 Å². The van der Waals surface area contributed by atoms with Gasteiger partial charge in [-0.05, 0) is 24.3 Å². The lowest BCUT2D eigenvalue weighted by atomic mass is 10.2. The van der Waals surface area contributed by atoms with E-state index in [1.807, 2.05) is 0 Å². The van der Waals surface area contributed by atoms with Gasteiger partial charge in [0.15, 0.2) is 0 Å². The molecule has 0 aliphatic carbocycles. The average Bonchev–Trinajstić information content (AvgIpc) is 2.33. The molecule has 1 amide bonds. The Morgan fingerprint density at radius 3 is 2.18 bits per heavy atom. The maximum atomic E-state index is 13.6. The van der Waals surface area contributed by atoms with E-state index in [1.54, 1.807) is 36.4 Å². The monoisotopic (exact) mass is 231 g/mol. The highest BCUT2D eigenvalue weighted by molar-refractivity contribution is 5.94. The molecule has 1 N–H and O–H groups in total. The van der Waals surface area contributed by atoms with Crippen molar-refractivity contribution in [3.05, 3.63) is 60.4 Å². The minimum atomic E-state index is -1.22. The highest BCUT2D eigenvalue weighted by atomic mass is 19.1. The van der Waals surface area contributed by atoms with Gasteiger partial charge in [-0.1, -0.05) is 30.3 Å². The number of benzene rings is 2. The molecule has 0 radical (unpaired) electrons. The van der Waals surface area contributed by atoms with Crippen LogP contribution >= 0.6 is 0 Å². The Kier molecular flexibility index (Phi) is 3.05. The van der Waals surface area contributed by atoms with Gasteiger partial charge in [0.2, 0.25) is 0 Å². The minimum absolute atomic E-state index is 0.0196. The van der Waals surface area contributed by atoms with Crippen LogP contribution in [0, 0.1) is 5.82 Å². The van der Waals surface area contributed by atoms with Gasteiger partial charge in [0.1, 0.15) is 5.82 Å². The molecule has 2 aromatic carbocycles. The van der Waals surface area contributed by atoms with Crippen LogP contribution in [0.1, 0.15) is 0 Å². The molecule has 17 heavy (non-hydrogen) atoms. The van der Waals surface area contributed by atoms with Gasteiger partial charge in [-0.25, -0.2) is 14.1 Å². The average molecular weight is 231 g/mol. The standard InChI is InChI=1S/C13H10FNO2/c14-11-8-4-5-9-12(11)15(13(16)17)10-6-2-1-3-7-10/h1-9H,(H,16,17). The Bertz CT molecular complexity index is 528. The molecule has 4 heteroatoms. The molecule has 0 aromatic heterocycles. The summed E-state index contributed by atoms with van der Waals surface area (Å²) in [5.41, 5.74) is 0.427. The number of hydrogen-bond acceptors (Lipinski definition) is 1. The lowest BCUT2D eigenvalue weighted by Crippen LogP contribution is -2.24. The zero-order valence-corrected chi connectivity index (χ0v) is 8.88. The Morgan fingerprint density at radius 2 is 1.59 bits per heavy atom. The number of carbonyl (C=O) groups is 1. The number of para-hydroxylation sites is 2. The summed E-state index contributed by atoms with van der Waals surface area (Å²) in [5.74, 6) is -0.571. The fourth-order valence-corrected chi connectivity index (χ4v) is 1.56. The predicted molar refractivity (Wildman–Crippen MR) is 63.0 cm³/mol. The van der Waals surface area contributed by atoms with Crippen molar-refractivity contribution < 1.29 is 14.3 Å². The summed E-state index contributed by atoms with van der Waals surface area (Å²) in [5, 5.41) is 9.16. The summed E-state index contributed by atoms with van der Waals surface area (Å²) < 4.78 is 13.6. The van der Waals surface area contributed by atoms with E-state index in [-0.39, 0.29) is 5.69 Å². The van der Waals surface area contributed by atoms with E-state index in [9.17, 15) is 9.18 Å². The number of halogens is 1. The molecule has 0 saturated carbocycles. The van der Waals surface area contributed by atoms with Crippen LogP contribution in [-0.4, -0.2) is 11.2 Å². The summed E-state index contributed by atoms with van der Waals surface area (Å²) >= 11 is 0. The first-order chi connectivity index (χ1) is 8.20. The van der Waals surface area contributed by atoms with Gasteiger partial charge in [-0.2, -0.15) is 0 Å². The molecular formula is C13H10FNO2. The van der Waals surface area contributed by atoms with E-state index in [0.29, 0.717) is 5.69 Å². The largest absolute Gasteiger partial charge is 0.464 e. The summed E-state index contributed by atoms with van der Waals surface area (Å²) in [4.78, 5) is 12.1. The van der Waals surface area contributed by atoms with Crippen LogP contribution in [0.25, 0.3) is 0 Å². The van der Waals surface area contributed by atoms with E-state index < -0.39 is 11.9 Å². The number of anilines is 2. The fourth-order valence-electron chi connectivity index (χ4n) is 1.56. The van der Waals surface area contributed by atoms with Gasteiger partial charge in [-0.15, -0.1) is 0 Å². The number of amides is 1. The molecular weight excluding hydrogens is 221 g/mol. The van der Waals surface area contributed by atoms with Gasteiger partial charge in [0, 0.05) is 0 Å². The summed E-state index contributed by atoms with van der Waals surface area (Å²) in [6.45, 7) is 0. The van der Waals surface area contributed by atoms with E-state index in [4.69, 9.17) is 5.11 Å². The molecule has 2 rings (SSSR count). The first-order valence-electron chi connectivity index (χ1n) is 5.03. The molecule has 0 atom stereocenters. The third-order valence-corrected chi connectivity index (χ3v) is 2.30. The molecule has 0 unspecified atom stereocenters. The fraction of sp³-hybridized carbons (Fsp3) is 0. The second kappa shape index (κ2) is 4.65. The topological polar surface area (TPSA) is 40.5 Å². The molecule has 0 saturated heterocycles. The van der Waals surface area contributed by atoms with Crippen molar-refractivity contribution in [1.82, 2.24) is 0 Å². The van der Waals surface area contributed by atoms with Crippen molar-refractivity contribution in [3.8, 4) is 0 Å². The summed E-state index contributed by atoms with van der Waals surface area (Å²) in [6.07, 6.45) is -1.22. The minimum Gasteiger partial charge on any atom is -0.464 e. The molecule has 2 aromatic rings.